The van der Waals surface area contributed by atoms with Crippen LogP contribution in [0.25, 0.3) is 0 Å². The Morgan fingerprint density at radius 1 is 1.10 bits per heavy atom. The van der Waals surface area contributed by atoms with Gasteiger partial charge in [0.15, 0.2) is 5.17 Å². The molecule has 1 N–H and O–H groups in total. The molecule has 1 aliphatic heterocycles. The lowest BCUT2D eigenvalue weighted by atomic mass is 10.2. The zero-order valence-electron chi connectivity index (χ0n) is 17.5. The van der Waals surface area contributed by atoms with E-state index in [2.05, 4.69) is 15.0 Å². The van der Waals surface area contributed by atoms with Crippen molar-refractivity contribution in [1.29, 1.82) is 0 Å². The lowest BCUT2D eigenvalue weighted by molar-refractivity contribution is -0.128. The lowest BCUT2D eigenvalue weighted by Gasteiger charge is -2.13. The second-order valence-corrected chi connectivity index (χ2v) is 7.77. The highest BCUT2D eigenvalue weighted by Crippen LogP contribution is 2.32. The number of nitrogens with zero attached hydrogens (tertiary/aromatic N) is 2. The average Bonchev–Trinajstić information content (AvgIpc) is 3.07. The molecular formula is C22H23N3O5S. The van der Waals surface area contributed by atoms with Crippen LogP contribution in [0.5, 0.6) is 5.75 Å². The van der Waals surface area contributed by atoms with Crippen LogP contribution in [0.4, 0.5) is 11.4 Å². The molecule has 0 radical (unpaired) electrons. The van der Waals surface area contributed by atoms with Gasteiger partial charge >= 0.3 is 5.97 Å². The lowest BCUT2D eigenvalue weighted by Crippen LogP contribution is -2.33. The number of hydrogen-bond donors (Lipinski definition) is 1. The Kier molecular flexibility index (Phi) is 7.30. The molecule has 9 heteroatoms. The van der Waals surface area contributed by atoms with Gasteiger partial charge < -0.3 is 14.8 Å². The Hall–Kier alpha value is -3.33. The number of rotatable bonds is 7. The van der Waals surface area contributed by atoms with E-state index in [-0.39, 0.29) is 18.2 Å². The van der Waals surface area contributed by atoms with Crippen molar-refractivity contribution >= 4 is 46.1 Å². The average molecular weight is 442 g/mol. The fourth-order valence-corrected chi connectivity index (χ4v) is 4.19. The number of amides is 2. The number of methoxy groups -OCH3 is 2. The molecule has 31 heavy (non-hydrogen) atoms. The molecule has 2 amide bonds. The molecule has 0 spiro atoms. The van der Waals surface area contributed by atoms with Gasteiger partial charge in [-0.25, -0.2) is 9.79 Å². The summed E-state index contributed by atoms with van der Waals surface area (Å²) in [7, 11) is 2.90. The van der Waals surface area contributed by atoms with E-state index in [1.54, 1.807) is 48.4 Å². The third-order valence-electron chi connectivity index (χ3n) is 4.59. The van der Waals surface area contributed by atoms with Crippen LogP contribution < -0.4 is 10.1 Å². The molecule has 1 fully saturated rings. The first-order chi connectivity index (χ1) is 14.9. The van der Waals surface area contributed by atoms with Crippen LogP contribution in [0.1, 0.15) is 23.7 Å². The SMILES string of the molecule is CCN1C(=O)C(CC(=O)Nc2ccc(C(=O)OC)cc2)SC1=Nc1ccc(OC)cc1. The van der Waals surface area contributed by atoms with E-state index in [1.807, 2.05) is 19.1 Å². The van der Waals surface area contributed by atoms with Gasteiger partial charge in [-0.2, -0.15) is 0 Å². The van der Waals surface area contributed by atoms with E-state index in [4.69, 9.17) is 4.74 Å². The normalized spacial score (nSPS) is 17.0. The summed E-state index contributed by atoms with van der Waals surface area (Å²) in [5, 5.41) is 2.77. The number of carbonyl (C=O) groups is 3. The van der Waals surface area contributed by atoms with Gasteiger partial charge in [0, 0.05) is 18.7 Å². The Morgan fingerprint density at radius 2 is 1.77 bits per heavy atom. The molecular weight excluding hydrogens is 418 g/mol. The van der Waals surface area contributed by atoms with Crippen molar-refractivity contribution in [1.82, 2.24) is 4.90 Å². The number of nitrogens with one attached hydrogen (secondary N) is 1. The maximum Gasteiger partial charge on any atom is 0.337 e. The Balaban J connectivity index is 1.65. The molecule has 162 valence electrons. The van der Waals surface area contributed by atoms with Crippen LogP contribution in [-0.2, 0) is 14.3 Å². The zero-order chi connectivity index (χ0) is 22.4. The minimum Gasteiger partial charge on any atom is -0.497 e. The number of aliphatic imine (C=N–C) groups is 1. The summed E-state index contributed by atoms with van der Waals surface area (Å²) in [6, 6.07) is 13.6. The number of benzene rings is 2. The number of carbonyl (C=O) groups excluding carboxylic acids is 3. The van der Waals surface area contributed by atoms with Crippen molar-refractivity contribution < 1.29 is 23.9 Å². The molecule has 0 aromatic heterocycles. The van der Waals surface area contributed by atoms with Gasteiger partial charge in [0.1, 0.15) is 11.0 Å². The highest BCUT2D eigenvalue weighted by molar-refractivity contribution is 8.15. The fraction of sp³-hybridized carbons (Fsp3) is 0.273. The van der Waals surface area contributed by atoms with E-state index in [9.17, 15) is 14.4 Å². The van der Waals surface area contributed by atoms with Crippen molar-refractivity contribution in [3.8, 4) is 5.75 Å². The number of anilines is 1. The Morgan fingerprint density at radius 3 is 2.35 bits per heavy atom. The van der Waals surface area contributed by atoms with Crippen LogP contribution in [0, 0.1) is 0 Å². The van der Waals surface area contributed by atoms with Crippen LogP contribution in [-0.4, -0.2) is 53.9 Å². The molecule has 0 aliphatic carbocycles. The largest absolute Gasteiger partial charge is 0.497 e. The summed E-state index contributed by atoms with van der Waals surface area (Å²) in [6.07, 6.45) is 0.0143. The zero-order valence-corrected chi connectivity index (χ0v) is 18.3. The van der Waals surface area contributed by atoms with Crippen molar-refractivity contribution in [2.24, 2.45) is 4.99 Å². The van der Waals surface area contributed by atoms with Gasteiger partial charge in [0.05, 0.1) is 25.5 Å². The molecule has 2 aromatic rings. The first-order valence-electron chi connectivity index (χ1n) is 9.64. The van der Waals surface area contributed by atoms with E-state index >= 15 is 0 Å². The molecule has 1 unspecified atom stereocenters. The maximum atomic E-state index is 12.8. The minimum atomic E-state index is -0.550. The summed E-state index contributed by atoms with van der Waals surface area (Å²) in [4.78, 5) is 42.9. The number of amidine groups is 1. The number of hydrogen-bond acceptors (Lipinski definition) is 7. The van der Waals surface area contributed by atoms with Crippen molar-refractivity contribution in [2.45, 2.75) is 18.6 Å². The molecule has 1 heterocycles. The Bertz CT molecular complexity index is 989. The molecule has 1 saturated heterocycles. The first kappa shape index (κ1) is 22.4. The van der Waals surface area contributed by atoms with Crippen LogP contribution >= 0.6 is 11.8 Å². The standard InChI is InChI=1S/C22H23N3O5S/c1-4-25-20(27)18(31-22(25)24-16-9-11-17(29-2)12-10-16)13-19(26)23-15-7-5-14(6-8-15)21(28)30-3/h5-12,18H,4,13H2,1-3H3,(H,23,26). The van der Waals surface area contributed by atoms with Gasteiger partial charge in [0.2, 0.25) is 11.8 Å². The first-order valence-corrected chi connectivity index (χ1v) is 10.5. The second kappa shape index (κ2) is 10.1. The molecule has 8 nitrogen and oxygen atoms in total. The van der Waals surface area contributed by atoms with Gasteiger partial charge in [-0.15, -0.1) is 0 Å². The number of esters is 1. The number of ether oxygens (including phenoxy) is 2. The van der Waals surface area contributed by atoms with Crippen molar-refractivity contribution in [3.05, 3.63) is 54.1 Å². The minimum absolute atomic E-state index is 0.0143. The predicted octanol–water partition coefficient (Wildman–Crippen LogP) is 3.46. The van der Waals surface area contributed by atoms with Crippen molar-refractivity contribution in [2.75, 3.05) is 26.1 Å². The highest BCUT2D eigenvalue weighted by Gasteiger charge is 2.38. The van der Waals surface area contributed by atoms with Gasteiger partial charge in [-0.1, -0.05) is 11.8 Å². The monoisotopic (exact) mass is 441 g/mol. The smallest absolute Gasteiger partial charge is 0.337 e. The third-order valence-corrected chi connectivity index (χ3v) is 5.77. The molecule has 0 saturated carbocycles. The summed E-state index contributed by atoms with van der Waals surface area (Å²) in [5.41, 5.74) is 1.62. The summed E-state index contributed by atoms with van der Waals surface area (Å²) in [5.74, 6) is -0.163. The molecule has 0 bridgehead atoms. The molecule has 2 aromatic carbocycles. The van der Waals surface area contributed by atoms with Crippen LogP contribution in [0.15, 0.2) is 53.5 Å². The fourth-order valence-electron chi connectivity index (χ4n) is 2.97. The van der Waals surface area contributed by atoms with E-state index in [1.165, 1.54) is 18.9 Å². The van der Waals surface area contributed by atoms with Crippen LogP contribution in [0.3, 0.4) is 0 Å². The Labute approximate surface area is 184 Å². The molecule has 1 aliphatic rings. The van der Waals surface area contributed by atoms with Crippen molar-refractivity contribution in [3.63, 3.8) is 0 Å². The van der Waals surface area contributed by atoms with Crippen LogP contribution in [0.2, 0.25) is 0 Å². The summed E-state index contributed by atoms with van der Waals surface area (Å²) in [6.45, 7) is 2.33. The molecule has 1 atom stereocenters. The maximum absolute atomic E-state index is 12.8. The van der Waals surface area contributed by atoms with Gasteiger partial charge in [-0.3, -0.25) is 14.5 Å². The van der Waals surface area contributed by atoms with E-state index < -0.39 is 11.2 Å². The van der Waals surface area contributed by atoms with E-state index in [0.29, 0.717) is 28.7 Å². The highest BCUT2D eigenvalue weighted by atomic mass is 32.2. The number of thioether (sulfide) groups is 1. The quantitative estimate of drug-likeness (QED) is 0.661. The third kappa shape index (κ3) is 5.43. The topological polar surface area (TPSA) is 97.3 Å². The second-order valence-electron chi connectivity index (χ2n) is 6.60. The van der Waals surface area contributed by atoms with Gasteiger partial charge in [0.25, 0.3) is 0 Å². The van der Waals surface area contributed by atoms with Gasteiger partial charge in [-0.05, 0) is 55.5 Å². The predicted molar refractivity (Wildman–Crippen MR) is 120 cm³/mol. The molecule has 3 rings (SSSR count). The van der Waals surface area contributed by atoms with E-state index in [0.717, 1.165) is 5.75 Å². The summed E-state index contributed by atoms with van der Waals surface area (Å²) < 4.78 is 9.80. The summed E-state index contributed by atoms with van der Waals surface area (Å²) >= 11 is 1.28.